The fourth-order valence-corrected chi connectivity index (χ4v) is 2.11. The molecule has 0 aromatic carbocycles. The largest absolute Gasteiger partial charge is 0.480 e. The molecule has 33 heavy (non-hydrogen) atoms. The van der Waals surface area contributed by atoms with E-state index in [4.69, 9.17) is 31.2 Å². The second-order valence-electron chi connectivity index (χ2n) is 7.56. The van der Waals surface area contributed by atoms with E-state index in [0.717, 1.165) is 0 Å². The molecule has 0 rings (SSSR count). The number of carboxylic acids is 2. The Morgan fingerprint density at radius 3 is 1.39 bits per heavy atom. The number of hydrogen-bond acceptors (Lipinski definition) is 10. The topological polar surface area (TPSA) is 237 Å². The molecule has 0 fully saturated rings. The molecule has 0 bridgehead atoms. The first-order chi connectivity index (χ1) is 15.3. The highest BCUT2D eigenvalue weighted by molar-refractivity contribution is 5.99. The molecule has 2 amide bonds. The number of esters is 2. The van der Waals surface area contributed by atoms with Crippen molar-refractivity contribution in [3.05, 3.63) is 0 Å². The minimum Gasteiger partial charge on any atom is -0.480 e. The van der Waals surface area contributed by atoms with Gasteiger partial charge in [-0.05, 0) is 26.7 Å². The summed E-state index contributed by atoms with van der Waals surface area (Å²) in [6, 6.07) is -2.30. The summed E-state index contributed by atoms with van der Waals surface area (Å²) < 4.78 is 9.92. The van der Waals surface area contributed by atoms with Crippen molar-refractivity contribution in [3.63, 3.8) is 0 Å². The van der Waals surface area contributed by atoms with E-state index >= 15 is 0 Å². The Labute approximate surface area is 190 Å². The second kappa shape index (κ2) is 14.7. The van der Waals surface area contributed by atoms with Gasteiger partial charge in [-0.25, -0.2) is 0 Å². The third-order valence-electron chi connectivity index (χ3n) is 4.33. The molecule has 0 radical (unpaired) electrons. The van der Waals surface area contributed by atoms with Gasteiger partial charge >= 0.3 is 23.9 Å². The average molecular weight is 476 g/mol. The summed E-state index contributed by atoms with van der Waals surface area (Å²) in [5, 5.41) is 22.1. The summed E-state index contributed by atoms with van der Waals surface area (Å²) in [5.74, 6) is -5.13. The van der Waals surface area contributed by atoms with Crippen molar-refractivity contribution in [3.8, 4) is 0 Å². The number of rotatable bonds is 16. The van der Waals surface area contributed by atoms with Crippen LogP contribution in [0.4, 0.5) is 0 Å². The van der Waals surface area contributed by atoms with E-state index in [2.05, 4.69) is 10.6 Å². The molecule has 0 spiro atoms. The van der Waals surface area contributed by atoms with E-state index in [9.17, 15) is 28.8 Å². The maximum atomic E-state index is 12.1. The number of ether oxygens (including phenoxy) is 2. The van der Waals surface area contributed by atoms with Gasteiger partial charge in [-0.15, -0.1) is 0 Å². The summed E-state index contributed by atoms with van der Waals surface area (Å²) >= 11 is 0. The third-order valence-corrected chi connectivity index (χ3v) is 4.33. The van der Waals surface area contributed by atoms with Gasteiger partial charge in [0.15, 0.2) is 5.41 Å². The van der Waals surface area contributed by atoms with Gasteiger partial charge in [0.05, 0.1) is 13.1 Å². The number of amides is 2. The molecule has 0 aliphatic carbocycles. The Kier molecular flexibility index (Phi) is 13.3. The van der Waals surface area contributed by atoms with Crippen LogP contribution in [-0.4, -0.2) is 84.3 Å². The van der Waals surface area contributed by atoms with Crippen LogP contribution in [0.5, 0.6) is 0 Å². The molecule has 2 unspecified atom stereocenters. The second-order valence-corrected chi connectivity index (χ2v) is 7.56. The van der Waals surface area contributed by atoms with Crippen LogP contribution in [0, 0.1) is 5.41 Å². The van der Waals surface area contributed by atoms with Crippen molar-refractivity contribution in [1.29, 1.82) is 0 Å². The zero-order chi connectivity index (χ0) is 25.6. The molecule has 0 aromatic rings. The van der Waals surface area contributed by atoms with E-state index in [0.29, 0.717) is 0 Å². The van der Waals surface area contributed by atoms with Gasteiger partial charge in [0.2, 0.25) is 11.8 Å². The zero-order valence-electron chi connectivity index (χ0n) is 18.6. The number of aliphatic carboxylic acids is 2. The maximum Gasteiger partial charge on any atom is 0.322 e. The molecule has 8 N–H and O–H groups in total. The normalized spacial score (nSPS) is 12.7. The van der Waals surface area contributed by atoms with Crippen molar-refractivity contribution < 1.29 is 48.5 Å². The Hall–Kier alpha value is -3.26. The lowest BCUT2D eigenvalue weighted by Crippen LogP contribution is -2.39. The molecule has 0 heterocycles. The van der Waals surface area contributed by atoms with Crippen LogP contribution >= 0.6 is 0 Å². The summed E-state index contributed by atoms with van der Waals surface area (Å²) in [4.78, 5) is 68.6. The summed E-state index contributed by atoms with van der Waals surface area (Å²) in [7, 11) is 0. The molecule has 0 saturated carbocycles. The molecule has 14 nitrogen and oxygen atoms in total. The van der Waals surface area contributed by atoms with Crippen molar-refractivity contribution in [2.75, 3.05) is 26.3 Å². The van der Waals surface area contributed by atoms with Crippen molar-refractivity contribution >= 4 is 35.7 Å². The average Bonchev–Trinajstić information content (AvgIpc) is 2.75. The fourth-order valence-electron chi connectivity index (χ4n) is 2.11. The first-order valence-electron chi connectivity index (χ1n) is 10.1. The molecule has 0 aromatic heterocycles. The molecule has 14 heteroatoms. The smallest absolute Gasteiger partial charge is 0.322 e. The summed E-state index contributed by atoms with van der Waals surface area (Å²) in [5.41, 5.74) is 8.94. The lowest BCUT2D eigenvalue weighted by Gasteiger charge is -2.21. The minimum atomic E-state index is -1.64. The van der Waals surface area contributed by atoms with Gasteiger partial charge in [0, 0.05) is 12.8 Å². The first-order valence-corrected chi connectivity index (χ1v) is 10.1. The third kappa shape index (κ3) is 12.4. The molecular formula is C19H32N4O10. The Morgan fingerprint density at radius 2 is 1.09 bits per heavy atom. The standard InChI is InChI=1S/C19H32N4O10/c1-19(2,17(30)32-9-7-22-13(24)5-3-11(20)15(26)27)18(31)33-10-8-23-14(25)6-4-12(21)16(28)29/h11-12H,3-10,20-21H2,1-2H3,(H,22,24)(H,23,25)(H,26,27)(H,28,29). The van der Waals surface area contributed by atoms with E-state index in [-0.39, 0.29) is 52.0 Å². The number of carboxylic acid groups (broad SMARTS) is 2. The van der Waals surface area contributed by atoms with Gasteiger partial charge in [-0.1, -0.05) is 0 Å². The van der Waals surface area contributed by atoms with E-state index < -0.39 is 53.2 Å². The van der Waals surface area contributed by atoms with E-state index in [1.807, 2.05) is 0 Å². The number of carbonyl (C=O) groups excluding carboxylic acids is 4. The molecule has 188 valence electrons. The van der Waals surface area contributed by atoms with E-state index in [1.54, 1.807) is 0 Å². The quantitative estimate of drug-likeness (QED) is 0.0784. The van der Waals surface area contributed by atoms with Crippen LogP contribution in [-0.2, 0) is 38.2 Å². The number of carbonyl (C=O) groups is 6. The molecule has 0 aliphatic heterocycles. The van der Waals surface area contributed by atoms with Gasteiger partial charge in [0.25, 0.3) is 0 Å². The van der Waals surface area contributed by atoms with Crippen LogP contribution in [0.3, 0.4) is 0 Å². The van der Waals surface area contributed by atoms with Crippen molar-refractivity contribution in [1.82, 2.24) is 10.6 Å². The molecule has 0 aliphatic rings. The van der Waals surface area contributed by atoms with Crippen molar-refractivity contribution in [2.24, 2.45) is 16.9 Å². The monoisotopic (exact) mass is 476 g/mol. The number of hydrogen-bond donors (Lipinski definition) is 6. The zero-order valence-corrected chi connectivity index (χ0v) is 18.6. The predicted octanol–water partition coefficient (Wildman–Crippen LogP) is -2.28. The van der Waals surface area contributed by atoms with Crippen LogP contribution in [0.15, 0.2) is 0 Å². The van der Waals surface area contributed by atoms with Crippen LogP contribution in [0.25, 0.3) is 0 Å². The van der Waals surface area contributed by atoms with Crippen LogP contribution < -0.4 is 22.1 Å². The maximum absolute atomic E-state index is 12.1. The predicted molar refractivity (Wildman–Crippen MR) is 111 cm³/mol. The molecular weight excluding hydrogens is 444 g/mol. The Morgan fingerprint density at radius 1 is 0.758 bits per heavy atom. The van der Waals surface area contributed by atoms with Crippen molar-refractivity contribution in [2.45, 2.75) is 51.6 Å². The van der Waals surface area contributed by atoms with Crippen LogP contribution in [0.1, 0.15) is 39.5 Å². The fraction of sp³-hybridized carbons (Fsp3) is 0.684. The van der Waals surface area contributed by atoms with Crippen LogP contribution in [0.2, 0.25) is 0 Å². The first kappa shape index (κ1) is 29.7. The molecule has 0 saturated heterocycles. The summed E-state index contributed by atoms with van der Waals surface area (Å²) in [6.07, 6.45) is -0.309. The highest BCUT2D eigenvalue weighted by atomic mass is 16.6. The summed E-state index contributed by atoms with van der Waals surface area (Å²) in [6.45, 7) is 2.04. The highest BCUT2D eigenvalue weighted by Gasteiger charge is 2.39. The Bertz CT molecular complexity index is 667. The highest BCUT2D eigenvalue weighted by Crippen LogP contribution is 2.19. The Balaban J connectivity index is 4.14. The lowest BCUT2D eigenvalue weighted by molar-refractivity contribution is -0.170. The lowest BCUT2D eigenvalue weighted by atomic mass is 9.94. The molecule has 2 atom stereocenters. The van der Waals surface area contributed by atoms with Gasteiger partial charge in [0.1, 0.15) is 25.3 Å². The van der Waals surface area contributed by atoms with E-state index in [1.165, 1.54) is 13.8 Å². The van der Waals surface area contributed by atoms with Gasteiger partial charge < -0.3 is 41.8 Å². The number of nitrogens with two attached hydrogens (primary N) is 2. The number of nitrogens with one attached hydrogen (secondary N) is 2. The minimum absolute atomic E-state index is 0.0455. The van der Waals surface area contributed by atoms with Gasteiger partial charge in [-0.2, -0.15) is 0 Å². The SMILES string of the molecule is CC(C)(C(=O)OCCNC(=O)CCC(N)C(=O)O)C(=O)OCCNC(=O)CCC(N)C(=O)O. The van der Waals surface area contributed by atoms with Gasteiger partial charge in [-0.3, -0.25) is 28.8 Å².